The van der Waals surface area contributed by atoms with Crippen LogP contribution in [0.15, 0.2) is 18.2 Å². The highest BCUT2D eigenvalue weighted by molar-refractivity contribution is 5.79. The molecule has 0 heterocycles. The van der Waals surface area contributed by atoms with Gasteiger partial charge >= 0.3 is 0 Å². The summed E-state index contributed by atoms with van der Waals surface area (Å²) < 4.78 is 0. The maximum Gasteiger partial charge on any atom is 0.214 e. The number of carbonyl (C=O) groups excluding carboxylic acids is 1. The first-order valence-corrected chi connectivity index (χ1v) is 6.37. The van der Waals surface area contributed by atoms with Gasteiger partial charge < -0.3 is 4.90 Å². The Bertz CT molecular complexity index is 356. The van der Waals surface area contributed by atoms with E-state index in [-0.39, 0.29) is 0 Å². The van der Waals surface area contributed by atoms with Crippen LogP contribution in [0.25, 0.3) is 0 Å². The van der Waals surface area contributed by atoms with Crippen LogP contribution in [0, 0.1) is 0 Å². The number of rotatable bonds is 5. The van der Waals surface area contributed by atoms with Crippen molar-refractivity contribution in [3.05, 3.63) is 29.3 Å². The maximum absolute atomic E-state index is 11.2. The second kappa shape index (κ2) is 5.85. The first-order valence-electron chi connectivity index (χ1n) is 6.37. The molecule has 17 heavy (non-hydrogen) atoms. The van der Waals surface area contributed by atoms with E-state index in [9.17, 15) is 4.79 Å². The molecule has 94 valence electrons. The zero-order chi connectivity index (χ0) is 13.0. The summed E-state index contributed by atoms with van der Waals surface area (Å²) in [5, 5.41) is 0. The minimum atomic E-state index is 0.428. The van der Waals surface area contributed by atoms with E-state index in [1.165, 1.54) is 11.1 Å². The smallest absolute Gasteiger partial charge is 0.214 e. The predicted octanol–water partition coefficient (Wildman–Crippen LogP) is 3.92. The Hall–Kier alpha value is -1.31. The van der Waals surface area contributed by atoms with E-state index >= 15 is 0 Å². The average molecular weight is 233 g/mol. The minimum Gasteiger partial charge on any atom is -0.315 e. The van der Waals surface area contributed by atoms with E-state index in [1.54, 1.807) is 0 Å². The first-order chi connectivity index (χ1) is 8.02. The van der Waals surface area contributed by atoms with Gasteiger partial charge in [0, 0.05) is 6.54 Å². The van der Waals surface area contributed by atoms with Gasteiger partial charge in [-0.3, -0.25) is 4.79 Å². The van der Waals surface area contributed by atoms with Crippen LogP contribution in [-0.2, 0) is 4.79 Å². The van der Waals surface area contributed by atoms with Gasteiger partial charge in [0.2, 0.25) is 6.41 Å². The lowest BCUT2D eigenvalue weighted by molar-refractivity contribution is -0.107. The third-order valence-electron chi connectivity index (χ3n) is 3.10. The number of hydrogen-bond donors (Lipinski definition) is 0. The molecule has 1 rings (SSSR count). The van der Waals surface area contributed by atoms with Crippen molar-refractivity contribution in [2.24, 2.45) is 0 Å². The fraction of sp³-hybridized carbons (Fsp3) is 0.533. The van der Waals surface area contributed by atoms with Crippen LogP contribution >= 0.6 is 0 Å². The number of amides is 1. The number of para-hydroxylation sites is 1. The van der Waals surface area contributed by atoms with Crippen molar-refractivity contribution in [1.29, 1.82) is 0 Å². The van der Waals surface area contributed by atoms with Crippen LogP contribution in [0.5, 0.6) is 0 Å². The van der Waals surface area contributed by atoms with Crippen LogP contribution in [0.2, 0.25) is 0 Å². The number of nitrogens with zero attached hydrogens (tertiary/aromatic N) is 1. The van der Waals surface area contributed by atoms with Crippen LogP contribution in [0.1, 0.15) is 57.6 Å². The van der Waals surface area contributed by atoms with Gasteiger partial charge in [0.1, 0.15) is 0 Å². The molecule has 0 spiro atoms. The van der Waals surface area contributed by atoms with Gasteiger partial charge in [0.25, 0.3) is 0 Å². The van der Waals surface area contributed by atoms with E-state index in [1.807, 2.05) is 11.8 Å². The summed E-state index contributed by atoms with van der Waals surface area (Å²) in [6, 6.07) is 6.34. The van der Waals surface area contributed by atoms with Crippen molar-refractivity contribution in [2.75, 3.05) is 11.4 Å². The van der Waals surface area contributed by atoms with Crippen molar-refractivity contribution in [2.45, 2.75) is 46.5 Å². The Labute approximate surface area is 105 Å². The Balaban J connectivity index is 3.42. The number of anilines is 1. The average Bonchev–Trinajstić information content (AvgIpc) is 2.30. The molecule has 1 aromatic carbocycles. The third-order valence-corrected chi connectivity index (χ3v) is 3.10. The SMILES string of the molecule is CCN(C=O)c1c(C(C)C)cccc1C(C)C. The summed E-state index contributed by atoms with van der Waals surface area (Å²) in [5.74, 6) is 0.857. The number of hydrogen-bond acceptors (Lipinski definition) is 1. The molecule has 0 N–H and O–H groups in total. The van der Waals surface area contributed by atoms with Gasteiger partial charge in [0.05, 0.1) is 5.69 Å². The summed E-state index contributed by atoms with van der Waals surface area (Å²) in [6.45, 7) is 11.4. The molecule has 0 fully saturated rings. The monoisotopic (exact) mass is 233 g/mol. The molecular formula is C15H23NO. The van der Waals surface area contributed by atoms with Crippen molar-refractivity contribution >= 4 is 12.1 Å². The number of carbonyl (C=O) groups is 1. The molecule has 0 aliphatic carbocycles. The molecule has 1 aromatic rings. The van der Waals surface area contributed by atoms with Crippen molar-refractivity contribution < 1.29 is 4.79 Å². The molecule has 0 unspecified atom stereocenters. The molecular weight excluding hydrogens is 210 g/mol. The highest BCUT2D eigenvalue weighted by atomic mass is 16.1. The molecule has 0 radical (unpaired) electrons. The molecule has 0 atom stereocenters. The lowest BCUT2D eigenvalue weighted by atomic mass is 9.92. The highest BCUT2D eigenvalue weighted by Crippen LogP contribution is 2.34. The van der Waals surface area contributed by atoms with E-state index in [0.717, 1.165) is 12.1 Å². The molecule has 0 aromatic heterocycles. The molecule has 0 saturated heterocycles. The highest BCUT2D eigenvalue weighted by Gasteiger charge is 2.17. The third kappa shape index (κ3) is 2.87. The topological polar surface area (TPSA) is 20.3 Å². The zero-order valence-corrected chi connectivity index (χ0v) is 11.5. The minimum absolute atomic E-state index is 0.428. The fourth-order valence-corrected chi connectivity index (χ4v) is 2.13. The van der Waals surface area contributed by atoms with E-state index < -0.39 is 0 Å². The first kappa shape index (κ1) is 13.8. The summed E-state index contributed by atoms with van der Waals surface area (Å²) in [6.07, 6.45) is 0.938. The van der Waals surface area contributed by atoms with Crippen LogP contribution in [0.4, 0.5) is 5.69 Å². The molecule has 0 aliphatic heterocycles. The van der Waals surface area contributed by atoms with Crippen molar-refractivity contribution in [1.82, 2.24) is 0 Å². The molecule has 1 amide bonds. The van der Waals surface area contributed by atoms with Crippen molar-refractivity contribution in [3.63, 3.8) is 0 Å². The van der Waals surface area contributed by atoms with E-state index in [4.69, 9.17) is 0 Å². The van der Waals surface area contributed by atoms with Gasteiger partial charge in [-0.15, -0.1) is 0 Å². The van der Waals surface area contributed by atoms with Gasteiger partial charge in [-0.2, -0.15) is 0 Å². The second-order valence-electron chi connectivity index (χ2n) is 4.99. The normalized spacial score (nSPS) is 11.0. The van der Waals surface area contributed by atoms with E-state index in [0.29, 0.717) is 18.4 Å². The van der Waals surface area contributed by atoms with E-state index in [2.05, 4.69) is 45.9 Å². The van der Waals surface area contributed by atoms with Crippen LogP contribution in [-0.4, -0.2) is 13.0 Å². The predicted molar refractivity (Wildman–Crippen MR) is 73.7 cm³/mol. The Morgan fingerprint density at radius 1 is 1.12 bits per heavy atom. The zero-order valence-electron chi connectivity index (χ0n) is 11.5. The van der Waals surface area contributed by atoms with Crippen LogP contribution < -0.4 is 4.90 Å². The molecule has 2 nitrogen and oxygen atoms in total. The van der Waals surface area contributed by atoms with Crippen molar-refractivity contribution in [3.8, 4) is 0 Å². The van der Waals surface area contributed by atoms with Gasteiger partial charge in [0.15, 0.2) is 0 Å². The largest absolute Gasteiger partial charge is 0.315 e. The molecule has 0 saturated carbocycles. The van der Waals surface area contributed by atoms with Gasteiger partial charge in [-0.05, 0) is 29.9 Å². The lowest BCUT2D eigenvalue weighted by Crippen LogP contribution is -2.23. The molecule has 0 aliphatic rings. The Kier molecular flexibility index (Phi) is 4.73. The molecule has 2 heteroatoms. The fourth-order valence-electron chi connectivity index (χ4n) is 2.13. The quantitative estimate of drug-likeness (QED) is 0.706. The number of benzene rings is 1. The van der Waals surface area contributed by atoms with Gasteiger partial charge in [-0.25, -0.2) is 0 Å². The summed E-state index contributed by atoms with van der Waals surface area (Å²) in [7, 11) is 0. The standard InChI is InChI=1S/C15H23NO/c1-6-16(10-17)15-13(11(2)3)8-7-9-14(15)12(4)5/h7-12H,6H2,1-5H3. The Morgan fingerprint density at radius 3 is 1.88 bits per heavy atom. The lowest BCUT2D eigenvalue weighted by Gasteiger charge is -2.26. The molecule has 0 bridgehead atoms. The second-order valence-corrected chi connectivity index (χ2v) is 4.99. The summed E-state index contributed by atoms with van der Waals surface area (Å²) in [4.78, 5) is 13.0. The van der Waals surface area contributed by atoms with Gasteiger partial charge in [-0.1, -0.05) is 45.9 Å². The summed E-state index contributed by atoms with van der Waals surface area (Å²) in [5.41, 5.74) is 3.62. The van der Waals surface area contributed by atoms with Crippen LogP contribution in [0.3, 0.4) is 0 Å². The maximum atomic E-state index is 11.2. The Morgan fingerprint density at radius 2 is 1.59 bits per heavy atom. The summed E-state index contributed by atoms with van der Waals surface area (Å²) >= 11 is 0.